The number of hydrogen-bond donors (Lipinski definition) is 3. The van der Waals surface area contributed by atoms with Gasteiger partial charge in [0.15, 0.2) is 0 Å². The van der Waals surface area contributed by atoms with Gasteiger partial charge in [0.25, 0.3) is 5.91 Å². The molecule has 0 saturated carbocycles. The molecular formula is C5H12FN3O. The third-order valence-corrected chi connectivity index (χ3v) is 1.13. The van der Waals surface area contributed by atoms with Crippen molar-refractivity contribution in [2.45, 2.75) is 18.9 Å². The number of halogens is 1. The molecule has 0 aliphatic heterocycles. The first kappa shape index (κ1) is 9.32. The van der Waals surface area contributed by atoms with Gasteiger partial charge in [0, 0.05) is 0 Å². The second-order valence-corrected chi connectivity index (χ2v) is 1.95. The van der Waals surface area contributed by atoms with Gasteiger partial charge in [0.2, 0.25) is 0 Å². The Bertz CT molecular complexity index is 109. The third-order valence-electron chi connectivity index (χ3n) is 1.13. The van der Waals surface area contributed by atoms with E-state index in [-0.39, 0.29) is 0 Å². The largest absolute Gasteiger partial charge is 0.320 e. The van der Waals surface area contributed by atoms with Gasteiger partial charge in [0.05, 0.1) is 12.7 Å². The maximum absolute atomic E-state index is 11.5. The van der Waals surface area contributed by atoms with Crippen LogP contribution in [0.2, 0.25) is 0 Å². The molecule has 5 heteroatoms. The average molecular weight is 149 g/mol. The van der Waals surface area contributed by atoms with Crippen LogP contribution in [-0.4, -0.2) is 18.6 Å². The van der Waals surface area contributed by atoms with E-state index < -0.39 is 18.6 Å². The van der Waals surface area contributed by atoms with Gasteiger partial charge in [-0.1, -0.05) is 0 Å². The highest BCUT2D eigenvalue weighted by Crippen LogP contribution is 1.93. The summed E-state index contributed by atoms with van der Waals surface area (Å²) in [5.41, 5.74) is 7.14. The number of amides is 1. The summed E-state index contributed by atoms with van der Waals surface area (Å²) >= 11 is 0. The standard InChI is InChI=1S/C5H12FN3O/c6-3-1-2-4(7)5(10)9-8/h4H,1-3,7-8H2,(H,9,10). The zero-order valence-electron chi connectivity index (χ0n) is 5.64. The predicted molar refractivity (Wildman–Crippen MR) is 35.5 cm³/mol. The maximum Gasteiger partial charge on any atom is 0.250 e. The molecule has 1 amide bonds. The summed E-state index contributed by atoms with van der Waals surface area (Å²) in [5.74, 6) is 4.32. The van der Waals surface area contributed by atoms with E-state index >= 15 is 0 Å². The molecule has 0 aliphatic carbocycles. The number of alkyl halides is 1. The molecule has 60 valence electrons. The number of hydrogen-bond acceptors (Lipinski definition) is 3. The van der Waals surface area contributed by atoms with Gasteiger partial charge in [-0.2, -0.15) is 0 Å². The van der Waals surface area contributed by atoms with Crippen molar-refractivity contribution in [3.63, 3.8) is 0 Å². The highest BCUT2D eigenvalue weighted by Gasteiger charge is 2.09. The monoisotopic (exact) mass is 149 g/mol. The Hall–Kier alpha value is -0.680. The minimum atomic E-state index is -0.680. The lowest BCUT2D eigenvalue weighted by Gasteiger charge is -2.06. The van der Waals surface area contributed by atoms with Crippen LogP contribution in [0.5, 0.6) is 0 Å². The van der Waals surface area contributed by atoms with Gasteiger partial charge in [-0.15, -0.1) is 0 Å². The Balaban J connectivity index is 3.41. The van der Waals surface area contributed by atoms with Gasteiger partial charge in [-0.25, -0.2) is 5.84 Å². The van der Waals surface area contributed by atoms with Crippen molar-refractivity contribution in [2.75, 3.05) is 6.67 Å². The molecule has 0 aromatic heterocycles. The van der Waals surface area contributed by atoms with Gasteiger partial charge in [0.1, 0.15) is 0 Å². The molecule has 0 rings (SSSR count). The second-order valence-electron chi connectivity index (χ2n) is 1.95. The zero-order chi connectivity index (χ0) is 7.98. The molecule has 0 aliphatic rings. The van der Waals surface area contributed by atoms with Crippen LogP contribution >= 0.6 is 0 Å². The van der Waals surface area contributed by atoms with E-state index in [1.165, 1.54) is 0 Å². The number of hydrazine groups is 1. The molecule has 0 aromatic rings. The van der Waals surface area contributed by atoms with Crippen LogP contribution < -0.4 is 17.0 Å². The Morgan fingerprint density at radius 2 is 2.30 bits per heavy atom. The van der Waals surface area contributed by atoms with E-state index in [1.807, 2.05) is 5.43 Å². The van der Waals surface area contributed by atoms with E-state index in [2.05, 4.69) is 0 Å². The van der Waals surface area contributed by atoms with Gasteiger partial charge < -0.3 is 5.73 Å². The molecule has 0 aromatic carbocycles. The Morgan fingerprint density at radius 3 is 2.70 bits per heavy atom. The fourth-order valence-corrected chi connectivity index (χ4v) is 0.535. The minimum Gasteiger partial charge on any atom is -0.320 e. The van der Waals surface area contributed by atoms with Crippen LogP contribution in [0.25, 0.3) is 0 Å². The van der Waals surface area contributed by atoms with Crippen molar-refractivity contribution < 1.29 is 9.18 Å². The Labute approximate surface area is 58.7 Å². The molecule has 0 saturated heterocycles. The highest BCUT2D eigenvalue weighted by atomic mass is 19.1. The molecule has 5 N–H and O–H groups in total. The lowest BCUT2D eigenvalue weighted by Crippen LogP contribution is -2.43. The van der Waals surface area contributed by atoms with Crippen LogP contribution in [0.15, 0.2) is 0 Å². The molecule has 0 spiro atoms. The summed E-state index contributed by atoms with van der Waals surface area (Å²) in [5, 5.41) is 0. The van der Waals surface area contributed by atoms with Crippen molar-refractivity contribution in [1.29, 1.82) is 0 Å². The lowest BCUT2D eigenvalue weighted by molar-refractivity contribution is -0.122. The Kier molecular flexibility index (Phi) is 4.78. The van der Waals surface area contributed by atoms with Gasteiger partial charge in [-0.05, 0) is 12.8 Å². The van der Waals surface area contributed by atoms with Crippen LogP contribution in [0, 0.1) is 0 Å². The molecule has 1 atom stereocenters. The molecule has 0 radical (unpaired) electrons. The molecule has 0 fully saturated rings. The summed E-state index contributed by atoms with van der Waals surface area (Å²) in [7, 11) is 0. The molecule has 1 unspecified atom stereocenters. The van der Waals surface area contributed by atoms with Gasteiger partial charge >= 0.3 is 0 Å². The first-order valence-electron chi connectivity index (χ1n) is 3.04. The van der Waals surface area contributed by atoms with Crippen molar-refractivity contribution in [1.82, 2.24) is 5.43 Å². The maximum atomic E-state index is 11.5. The van der Waals surface area contributed by atoms with Crippen LogP contribution in [0.3, 0.4) is 0 Å². The van der Waals surface area contributed by atoms with E-state index in [1.54, 1.807) is 0 Å². The second kappa shape index (κ2) is 5.13. The van der Waals surface area contributed by atoms with Crippen molar-refractivity contribution in [3.8, 4) is 0 Å². The average Bonchev–Trinajstić information content (AvgIpc) is 1.98. The quantitative estimate of drug-likeness (QED) is 0.274. The first-order chi connectivity index (χ1) is 4.72. The minimum absolute atomic E-state index is 0.300. The fourth-order valence-electron chi connectivity index (χ4n) is 0.535. The van der Waals surface area contributed by atoms with E-state index in [0.717, 1.165) is 0 Å². The lowest BCUT2D eigenvalue weighted by atomic mass is 10.2. The smallest absolute Gasteiger partial charge is 0.250 e. The van der Waals surface area contributed by atoms with E-state index in [4.69, 9.17) is 11.6 Å². The SMILES string of the molecule is NNC(=O)C(N)CCCF. The molecule has 10 heavy (non-hydrogen) atoms. The van der Waals surface area contributed by atoms with Crippen LogP contribution in [-0.2, 0) is 4.79 Å². The van der Waals surface area contributed by atoms with E-state index in [9.17, 15) is 9.18 Å². The van der Waals surface area contributed by atoms with Crippen molar-refractivity contribution >= 4 is 5.91 Å². The molecule has 0 bridgehead atoms. The topological polar surface area (TPSA) is 81.1 Å². The fraction of sp³-hybridized carbons (Fsp3) is 0.800. The van der Waals surface area contributed by atoms with Gasteiger partial charge in [-0.3, -0.25) is 14.6 Å². The van der Waals surface area contributed by atoms with Crippen LogP contribution in [0.4, 0.5) is 4.39 Å². The molecular weight excluding hydrogens is 137 g/mol. The third kappa shape index (κ3) is 3.37. The van der Waals surface area contributed by atoms with E-state index in [0.29, 0.717) is 12.8 Å². The summed E-state index contributed by atoms with van der Waals surface area (Å²) < 4.78 is 11.5. The normalized spacial score (nSPS) is 12.7. The highest BCUT2D eigenvalue weighted by molar-refractivity contribution is 5.80. The Morgan fingerprint density at radius 1 is 1.70 bits per heavy atom. The first-order valence-corrected chi connectivity index (χ1v) is 3.04. The van der Waals surface area contributed by atoms with Crippen molar-refractivity contribution in [2.24, 2.45) is 11.6 Å². The number of carbonyl (C=O) groups excluding carboxylic acids is 1. The number of nitrogens with two attached hydrogens (primary N) is 2. The summed E-state index contributed by atoms with van der Waals surface area (Å²) in [4.78, 5) is 10.5. The van der Waals surface area contributed by atoms with Crippen molar-refractivity contribution in [3.05, 3.63) is 0 Å². The number of carbonyl (C=O) groups is 1. The number of rotatable bonds is 4. The molecule has 4 nitrogen and oxygen atoms in total. The van der Waals surface area contributed by atoms with Crippen LogP contribution in [0.1, 0.15) is 12.8 Å². The number of nitrogens with one attached hydrogen (secondary N) is 1. The molecule has 0 heterocycles. The summed E-state index contributed by atoms with van der Waals surface area (Å²) in [6.45, 7) is -0.453. The summed E-state index contributed by atoms with van der Waals surface area (Å²) in [6, 6.07) is -0.680. The summed E-state index contributed by atoms with van der Waals surface area (Å²) in [6.07, 6.45) is 0.633. The zero-order valence-corrected chi connectivity index (χ0v) is 5.64. The predicted octanol–water partition coefficient (Wildman–Crippen LogP) is -0.947.